The van der Waals surface area contributed by atoms with Gasteiger partial charge in [0.15, 0.2) is 0 Å². The number of halogens is 2. The number of nitrogens with zero attached hydrogens (tertiary/aromatic N) is 1. The predicted octanol–water partition coefficient (Wildman–Crippen LogP) is 3.82. The van der Waals surface area contributed by atoms with Crippen LogP contribution in [0.4, 0.5) is 8.78 Å². The van der Waals surface area contributed by atoms with Crippen LogP contribution in [0, 0.1) is 11.6 Å². The Morgan fingerprint density at radius 1 is 1.12 bits per heavy atom. The Hall–Kier alpha value is -2.76. The van der Waals surface area contributed by atoms with E-state index in [0.717, 1.165) is 11.6 Å². The molecule has 25 heavy (non-hydrogen) atoms. The highest BCUT2D eigenvalue weighted by molar-refractivity contribution is 5.87. The molecule has 0 aliphatic carbocycles. The lowest BCUT2D eigenvalue weighted by Gasteiger charge is -2.20. The number of hydrogen-bond acceptors (Lipinski definition) is 2. The summed E-state index contributed by atoms with van der Waals surface area (Å²) in [5, 5.41) is 8.87. The Morgan fingerprint density at radius 3 is 2.32 bits per heavy atom. The fourth-order valence-electron chi connectivity index (χ4n) is 2.54. The Kier molecular flexibility index (Phi) is 5.85. The highest BCUT2D eigenvalue weighted by atomic mass is 19.1. The summed E-state index contributed by atoms with van der Waals surface area (Å²) in [6, 6.07) is 9.59. The second-order valence-corrected chi connectivity index (χ2v) is 6.02. The maximum absolute atomic E-state index is 13.8. The lowest BCUT2D eigenvalue weighted by Crippen LogP contribution is -2.27. The molecular formula is C19H19F2NO3. The van der Waals surface area contributed by atoms with Crippen LogP contribution < -0.4 is 0 Å². The fraction of sp³-hybridized carbons (Fsp3) is 0.263. The first kappa shape index (κ1) is 18.6. The minimum absolute atomic E-state index is 0.0895. The summed E-state index contributed by atoms with van der Waals surface area (Å²) in [5.74, 6) is -2.89. The van der Waals surface area contributed by atoms with Crippen molar-refractivity contribution in [2.75, 3.05) is 7.05 Å². The van der Waals surface area contributed by atoms with Gasteiger partial charge in [0, 0.05) is 26.1 Å². The van der Waals surface area contributed by atoms with Crippen LogP contribution in [-0.2, 0) is 11.3 Å². The molecule has 0 bridgehead atoms. The molecule has 4 nitrogen and oxygen atoms in total. The molecule has 1 N–H and O–H groups in total. The number of benzene rings is 2. The van der Waals surface area contributed by atoms with E-state index in [2.05, 4.69) is 0 Å². The molecule has 0 spiro atoms. The smallest absolute Gasteiger partial charge is 0.335 e. The van der Waals surface area contributed by atoms with E-state index in [9.17, 15) is 18.4 Å². The fourth-order valence-corrected chi connectivity index (χ4v) is 2.54. The normalized spacial score (nSPS) is 11.8. The van der Waals surface area contributed by atoms with E-state index in [4.69, 9.17) is 5.11 Å². The first-order valence-electron chi connectivity index (χ1n) is 7.79. The molecule has 1 amide bonds. The molecule has 2 aromatic carbocycles. The van der Waals surface area contributed by atoms with Gasteiger partial charge in [-0.2, -0.15) is 0 Å². The number of amides is 1. The van der Waals surface area contributed by atoms with Gasteiger partial charge in [-0.15, -0.1) is 0 Å². The van der Waals surface area contributed by atoms with E-state index in [1.54, 1.807) is 26.1 Å². The molecule has 2 aromatic rings. The molecule has 0 saturated heterocycles. The molecule has 0 saturated carbocycles. The standard InChI is InChI=1S/C19H19F2NO3/c1-12(16-8-7-15(20)10-17(16)21)9-18(23)22(2)11-13-3-5-14(6-4-13)19(24)25/h3-8,10,12H,9,11H2,1-2H3,(H,24,25). The molecule has 1 unspecified atom stereocenters. The van der Waals surface area contributed by atoms with Crippen LogP contribution in [0.25, 0.3) is 0 Å². The van der Waals surface area contributed by atoms with Crippen molar-refractivity contribution < 1.29 is 23.5 Å². The summed E-state index contributed by atoms with van der Waals surface area (Å²) >= 11 is 0. The lowest BCUT2D eigenvalue weighted by atomic mass is 9.96. The number of hydrogen-bond donors (Lipinski definition) is 1. The third-order valence-corrected chi connectivity index (χ3v) is 4.02. The van der Waals surface area contributed by atoms with Crippen molar-refractivity contribution in [3.63, 3.8) is 0 Å². The van der Waals surface area contributed by atoms with E-state index >= 15 is 0 Å². The van der Waals surface area contributed by atoms with E-state index in [-0.39, 0.29) is 23.8 Å². The molecular weight excluding hydrogens is 328 g/mol. The average Bonchev–Trinajstić information content (AvgIpc) is 2.55. The van der Waals surface area contributed by atoms with Gasteiger partial charge in [-0.25, -0.2) is 13.6 Å². The average molecular weight is 347 g/mol. The third kappa shape index (κ3) is 4.86. The topological polar surface area (TPSA) is 57.6 Å². The number of carbonyl (C=O) groups excluding carboxylic acids is 1. The minimum atomic E-state index is -1.01. The van der Waals surface area contributed by atoms with Crippen molar-refractivity contribution in [1.82, 2.24) is 4.90 Å². The van der Waals surface area contributed by atoms with Crippen LogP contribution in [0.2, 0.25) is 0 Å². The van der Waals surface area contributed by atoms with E-state index < -0.39 is 17.6 Å². The predicted molar refractivity (Wildman–Crippen MR) is 89.3 cm³/mol. The second-order valence-electron chi connectivity index (χ2n) is 6.02. The molecule has 0 aliphatic heterocycles. The number of aromatic carboxylic acids is 1. The first-order chi connectivity index (χ1) is 11.8. The van der Waals surface area contributed by atoms with Gasteiger partial charge in [0.2, 0.25) is 5.91 Å². The highest BCUT2D eigenvalue weighted by Gasteiger charge is 2.18. The molecule has 2 rings (SSSR count). The SMILES string of the molecule is CC(CC(=O)N(C)Cc1ccc(C(=O)O)cc1)c1ccc(F)cc1F. The lowest BCUT2D eigenvalue weighted by molar-refractivity contribution is -0.130. The van der Waals surface area contributed by atoms with Crippen molar-refractivity contribution in [2.24, 2.45) is 0 Å². The van der Waals surface area contributed by atoms with Crippen LogP contribution >= 0.6 is 0 Å². The molecule has 1 atom stereocenters. The summed E-state index contributed by atoms with van der Waals surface area (Å²) in [6.07, 6.45) is 0.0895. The molecule has 132 valence electrons. The number of carboxylic acid groups (broad SMARTS) is 1. The quantitative estimate of drug-likeness (QED) is 0.864. The molecule has 0 fully saturated rings. The van der Waals surface area contributed by atoms with Crippen LogP contribution in [0.5, 0.6) is 0 Å². The van der Waals surface area contributed by atoms with Gasteiger partial charge in [0.05, 0.1) is 5.56 Å². The summed E-state index contributed by atoms with van der Waals surface area (Å²) in [5.41, 5.74) is 1.27. The number of rotatable bonds is 6. The van der Waals surface area contributed by atoms with Crippen LogP contribution in [0.3, 0.4) is 0 Å². The molecule has 0 aliphatic rings. The van der Waals surface area contributed by atoms with Gasteiger partial charge in [-0.05, 0) is 35.2 Å². The van der Waals surface area contributed by atoms with E-state index in [0.29, 0.717) is 12.1 Å². The van der Waals surface area contributed by atoms with Crippen LogP contribution in [-0.4, -0.2) is 28.9 Å². The van der Waals surface area contributed by atoms with Crippen molar-refractivity contribution >= 4 is 11.9 Å². The van der Waals surface area contributed by atoms with Crippen LogP contribution in [0.1, 0.15) is 40.7 Å². The molecule has 0 radical (unpaired) electrons. The maximum Gasteiger partial charge on any atom is 0.335 e. The monoisotopic (exact) mass is 347 g/mol. The summed E-state index contributed by atoms with van der Waals surface area (Å²) in [4.78, 5) is 24.6. The van der Waals surface area contributed by atoms with Gasteiger partial charge in [0.1, 0.15) is 11.6 Å². The Bertz CT molecular complexity index is 775. The summed E-state index contributed by atoms with van der Waals surface area (Å²) in [6.45, 7) is 2.03. The van der Waals surface area contributed by atoms with Crippen molar-refractivity contribution in [3.8, 4) is 0 Å². The van der Waals surface area contributed by atoms with E-state index in [1.807, 2.05) is 0 Å². The Morgan fingerprint density at radius 2 is 1.76 bits per heavy atom. The van der Waals surface area contributed by atoms with E-state index in [1.165, 1.54) is 29.2 Å². The van der Waals surface area contributed by atoms with Gasteiger partial charge in [-0.1, -0.05) is 25.1 Å². The minimum Gasteiger partial charge on any atom is -0.478 e. The Balaban J connectivity index is 1.98. The molecule has 6 heteroatoms. The summed E-state index contributed by atoms with van der Waals surface area (Å²) < 4.78 is 26.8. The molecule has 0 heterocycles. The van der Waals surface area contributed by atoms with Crippen molar-refractivity contribution in [3.05, 3.63) is 70.8 Å². The molecule has 0 aromatic heterocycles. The highest BCUT2D eigenvalue weighted by Crippen LogP contribution is 2.23. The van der Waals surface area contributed by atoms with Gasteiger partial charge < -0.3 is 10.0 Å². The zero-order chi connectivity index (χ0) is 18.6. The second kappa shape index (κ2) is 7.88. The maximum atomic E-state index is 13.8. The Labute approximate surface area is 144 Å². The van der Waals surface area contributed by atoms with Gasteiger partial charge in [-0.3, -0.25) is 4.79 Å². The van der Waals surface area contributed by atoms with Gasteiger partial charge >= 0.3 is 5.97 Å². The number of carboxylic acids is 1. The largest absolute Gasteiger partial charge is 0.478 e. The van der Waals surface area contributed by atoms with Gasteiger partial charge in [0.25, 0.3) is 0 Å². The zero-order valence-corrected chi connectivity index (χ0v) is 14.0. The number of carbonyl (C=O) groups is 2. The third-order valence-electron chi connectivity index (χ3n) is 4.02. The van der Waals surface area contributed by atoms with Crippen LogP contribution in [0.15, 0.2) is 42.5 Å². The zero-order valence-electron chi connectivity index (χ0n) is 14.0. The first-order valence-corrected chi connectivity index (χ1v) is 7.79. The van der Waals surface area contributed by atoms with Crippen molar-refractivity contribution in [1.29, 1.82) is 0 Å². The summed E-state index contributed by atoms with van der Waals surface area (Å²) in [7, 11) is 1.63. The van der Waals surface area contributed by atoms with Crippen molar-refractivity contribution in [2.45, 2.75) is 25.8 Å².